The molecule has 32 heavy (non-hydrogen) atoms. The Morgan fingerprint density at radius 1 is 1.19 bits per heavy atom. The Labute approximate surface area is 187 Å². The van der Waals surface area contributed by atoms with Crippen molar-refractivity contribution in [3.8, 4) is 0 Å². The van der Waals surface area contributed by atoms with E-state index in [4.69, 9.17) is 10.5 Å². The molecule has 3 atom stereocenters. The number of carbonyl (C=O) groups is 1. The molecule has 1 fully saturated rings. The quantitative estimate of drug-likeness (QED) is 0.654. The van der Waals surface area contributed by atoms with Crippen molar-refractivity contribution in [1.29, 1.82) is 0 Å². The normalized spacial score (nSPS) is 23.1. The average Bonchev–Trinajstić information content (AvgIpc) is 2.72. The number of halogens is 2. The molecule has 1 amide bonds. The number of primary amides is 1. The van der Waals surface area contributed by atoms with Gasteiger partial charge < -0.3 is 15.8 Å². The summed E-state index contributed by atoms with van der Waals surface area (Å²) in [4.78, 5) is 11.0. The molecule has 1 aliphatic heterocycles. The van der Waals surface area contributed by atoms with Crippen molar-refractivity contribution in [2.75, 3.05) is 13.2 Å². The molecule has 1 heterocycles. The van der Waals surface area contributed by atoms with Crippen LogP contribution in [0.4, 0.5) is 8.78 Å². The van der Waals surface area contributed by atoms with Crippen LogP contribution in [0.3, 0.4) is 0 Å². The van der Waals surface area contributed by atoms with Crippen LogP contribution in [0.1, 0.15) is 42.7 Å². The van der Waals surface area contributed by atoms with Crippen molar-refractivity contribution >= 4 is 15.7 Å². The number of carbonyl (C=O) groups excluding carboxylic acids is 1. The van der Waals surface area contributed by atoms with Crippen LogP contribution in [0.5, 0.6) is 0 Å². The van der Waals surface area contributed by atoms with Gasteiger partial charge in [-0.1, -0.05) is 30.3 Å². The Kier molecular flexibility index (Phi) is 7.02. The summed E-state index contributed by atoms with van der Waals surface area (Å²) in [5.74, 6) is -2.21. The second-order valence-electron chi connectivity index (χ2n) is 8.62. The second kappa shape index (κ2) is 9.25. The van der Waals surface area contributed by atoms with E-state index < -0.39 is 56.1 Å². The van der Waals surface area contributed by atoms with Crippen molar-refractivity contribution in [1.82, 2.24) is 5.32 Å². The lowest BCUT2D eigenvalue weighted by molar-refractivity contribution is -0.128. The van der Waals surface area contributed by atoms with Crippen molar-refractivity contribution in [3.63, 3.8) is 0 Å². The monoisotopic (exact) mass is 466 g/mol. The minimum atomic E-state index is -3.68. The van der Waals surface area contributed by atoms with Crippen LogP contribution in [0.25, 0.3) is 0 Å². The summed E-state index contributed by atoms with van der Waals surface area (Å²) >= 11 is 0. The Morgan fingerprint density at radius 3 is 2.47 bits per heavy atom. The van der Waals surface area contributed by atoms with Crippen molar-refractivity contribution < 1.29 is 26.7 Å². The lowest BCUT2D eigenvalue weighted by atomic mass is 9.94. The highest BCUT2D eigenvalue weighted by Gasteiger charge is 2.43. The summed E-state index contributed by atoms with van der Waals surface area (Å²) in [6, 6.07) is 10.4. The largest absolute Gasteiger partial charge is 0.368 e. The van der Waals surface area contributed by atoms with Gasteiger partial charge in [0.2, 0.25) is 5.91 Å². The van der Waals surface area contributed by atoms with Crippen LogP contribution in [-0.4, -0.2) is 38.8 Å². The molecule has 0 radical (unpaired) electrons. The molecule has 9 heteroatoms. The lowest BCUT2D eigenvalue weighted by Gasteiger charge is -2.36. The van der Waals surface area contributed by atoms with E-state index in [0.29, 0.717) is 5.56 Å². The van der Waals surface area contributed by atoms with Crippen LogP contribution in [0.2, 0.25) is 0 Å². The number of ether oxygens (including phenoxy) is 1. The van der Waals surface area contributed by atoms with Crippen LogP contribution in [0.15, 0.2) is 42.5 Å². The van der Waals surface area contributed by atoms with E-state index in [1.165, 1.54) is 13.8 Å². The number of rotatable bonds is 7. The molecule has 1 unspecified atom stereocenters. The maximum absolute atomic E-state index is 15.0. The van der Waals surface area contributed by atoms with Gasteiger partial charge in [-0.15, -0.1) is 0 Å². The Balaban J connectivity index is 1.90. The van der Waals surface area contributed by atoms with E-state index in [9.17, 15) is 22.0 Å². The van der Waals surface area contributed by atoms with Crippen molar-refractivity contribution in [2.24, 2.45) is 5.73 Å². The molecular formula is C23H28F2N2O4S. The number of benzene rings is 2. The van der Waals surface area contributed by atoms with Crippen molar-refractivity contribution in [2.45, 2.75) is 49.3 Å². The Hall–Kier alpha value is -2.36. The van der Waals surface area contributed by atoms with E-state index in [2.05, 4.69) is 5.32 Å². The standard InChI is InChI=1S/C23H28F2N2O4S/c1-14-20(32(29,30)21(12-27-14)15-7-5-4-6-8-15)10-16-9-19(25)17(11-18(16)24)23(2,3)31-13-22(26)28/h4-9,11,14,20-21,27H,10,12-13H2,1-3H3,(H2,26,28)/t14-,20?,21-/m0/s1. The fraction of sp³-hybridized carbons (Fsp3) is 0.435. The first-order valence-corrected chi connectivity index (χ1v) is 12.0. The van der Waals surface area contributed by atoms with E-state index in [0.717, 1.165) is 12.1 Å². The molecule has 174 valence electrons. The molecule has 3 rings (SSSR count). The molecule has 0 spiro atoms. The van der Waals surface area contributed by atoms with Gasteiger partial charge in [0.05, 0.1) is 16.1 Å². The van der Waals surface area contributed by atoms with Gasteiger partial charge in [0.25, 0.3) is 0 Å². The number of nitrogens with two attached hydrogens (primary N) is 1. The minimum absolute atomic E-state index is 0.0344. The molecule has 2 aromatic carbocycles. The first-order chi connectivity index (χ1) is 14.9. The van der Waals surface area contributed by atoms with Gasteiger partial charge >= 0.3 is 0 Å². The first-order valence-electron chi connectivity index (χ1n) is 10.3. The topological polar surface area (TPSA) is 98.5 Å². The van der Waals surface area contributed by atoms with Crippen molar-refractivity contribution in [3.05, 3.63) is 70.8 Å². The highest BCUT2D eigenvalue weighted by atomic mass is 32.2. The summed E-state index contributed by atoms with van der Waals surface area (Å²) in [5.41, 5.74) is 4.31. The zero-order valence-corrected chi connectivity index (χ0v) is 19.1. The summed E-state index contributed by atoms with van der Waals surface area (Å²) < 4.78 is 62.0. The van der Waals surface area contributed by atoms with Gasteiger partial charge in [0, 0.05) is 18.2 Å². The lowest BCUT2D eigenvalue weighted by Crippen LogP contribution is -2.53. The zero-order valence-electron chi connectivity index (χ0n) is 18.3. The number of hydrogen-bond donors (Lipinski definition) is 2. The zero-order chi connectivity index (χ0) is 23.7. The van der Waals surface area contributed by atoms with E-state index in [-0.39, 0.29) is 24.1 Å². The molecule has 0 aromatic heterocycles. The second-order valence-corrected chi connectivity index (χ2v) is 11.0. The van der Waals surface area contributed by atoms with Gasteiger partial charge in [-0.3, -0.25) is 4.79 Å². The minimum Gasteiger partial charge on any atom is -0.368 e. The highest BCUT2D eigenvalue weighted by Crippen LogP contribution is 2.34. The number of hydrogen-bond acceptors (Lipinski definition) is 5. The smallest absolute Gasteiger partial charge is 0.243 e. The van der Waals surface area contributed by atoms with E-state index in [1.807, 2.05) is 0 Å². The van der Waals surface area contributed by atoms with Gasteiger partial charge in [0.15, 0.2) is 9.84 Å². The maximum Gasteiger partial charge on any atom is 0.243 e. The van der Waals surface area contributed by atoms with Gasteiger partial charge in [-0.25, -0.2) is 17.2 Å². The molecule has 0 saturated carbocycles. The number of sulfone groups is 1. The van der Waals surface area contributed by atoms with Gasteiger partial charge in [-0.2, -0.15) is 0 Å². The van der Waals surface area contributed by atoms with Crippen LogP contribution in [-0.2, 0) is 31.4 Å². The third-order valence-electron chi connectivity index (χ3n) is 5.95. The summed E-state index contributed by atoms with van der Waals surface area (Å²) in [5, 5.41) is 1.50. The summed E-state index contributed by atoms with van der Waals surface area (Å²) in [6.07, 6.45) is -0.175. The Morgan fingerprint density at radius 2 is 1.84 bits per heavy atom. The average molecular weight is 467 g/mol. The first kappa shape index (κ1) is 24.3. The van der Waals surface area contributed by atoms with E-state index in [1.54, 1.807) is 37.3 Å². The molecule has 6 nitrogen and oxygen atoms in total. The molecule has 0 bridgehead atoms. The predicted molar refractivity (Wildman–Crippen MR) is 118 cm³/mol. The van der Waals surface area contributed by atoms with Crippen LogP contribution < -0.4 is 11.1 Å². The van der Waals surface area contributed by atoms with Gasteiger partial charge in [0.1, 0.15) is 18.2 Å². The molecule has 1 aliphatic rings. The number of nitrogens with one attached hydrogen (secondary N) is 1. The van der Waals surface area contributed by atoms with Crippen LogP contribution >= 0.6 is 0 Å². The SMILES string of the molecule is C[C@@H]1NC[C@@H](c2ccccc2)S(=O)(=O)C1Cc1cc(F)c(C(C)(C)OCC(N)=O)cc1F. The third kappa shape index (κ3) is 5.00. The summed E-state index contributed by atoms with van der Waals surface area (Å²) in [6.45, 7) is 4.53. The fourth-order valence-electron chi connectivity index (χ4n) is 4.06. The highest BCUT2D eigenvalue weighted by molar-refractivity contribution is 7.92. The Bertz CT molecular complexity index is 1090. The summed E-state index contributed by atoms with van der Waals surface area (Å²) in [7, 11) is -3.68. The third-order valence-corrected chi connectivity index (χ3v) is 8.60. The van der Waals surface area contributed by atoms with Crippen LogP contribution in [0, 0.1) is 11.6 Å². The number of amides is 1. The predicted octanol–water partition coefficient (Wildman–Crippen LogP) is 2.76. The fourth-order valence-corrected chi connectivity index (χ4v) is 6.42. The molecule has 0 aliphatic carbocycles. The van der Waals surface area contributed by atoms with Gasteiger partial charge in [-0.05, 0) is 50.5 Å². The molecule has 1 saturated heterocycles. The molecule has 2 aromatic rings. The van der Waals surface area contributed by atoms with E-state index >= 15 is 0 Å². The molecular weight excluding hydrogens is 438 g/mol. The maximum atomic E-state index is 15.0. The molecule has 3 N–H and O–H groups in total.